The fourth-order valence-electron chi connectivity index (χ4n) is 0.657. The molecule has 8 heteroatoms. The van der Waals surface area contributed by atoms with Gasteiger partial charge >= 0.3 is 23.9 Å². The first-order chi connectivity index (χ1) is 8.68. The highest BCUT2D eigenvalue weighted by atomic mass is 16.5. The zero-order valence-corrected chi connectivity index (χ0v) is 10.8. The van der Waals surface area contributed by atoms with E-state index >= 15 is 0 Å². The molecule has 0 bridgehead atoms. The summed E-state index contributed by atoms with van der Waals surface area (Å²) >= 11 is 0. The van der Waals surface area contributed by atoms with E-state index in [0.717, 1.165) is 6.42 Å². The van der Waals surface area contributed by atoms with Crippen LogP contribution in [0.2, 0.25) is 0 Å². The monoisotopic (exact) mass is 278 g/mol. The summed E-state index contributed by atoms with van der Waals surface area (Å²) in [6.45, 7) is 4.23. The molecule has 0 aromatic carbocycles. The van der Waals surface area contributed by atoms with Gasteiger partial charge in [-0.1, -0.05) is 20.3 Å². The minimum absolute atomic E-state index is 0.294. The topological polar surface area (TPSA) is 138 Å². The fourth-order valence-corrected chi connectivity index (χ4v) is 0.657. The molecule has 0 saturated carbocycles. The van der Waals surface area contributed by atoms with Crippen molar-refractivity contribution in [1.82, 2.24) is 0 Å². The van der Waals surface area contributed by atoms with Crippen LogP contribution < -0.4 is 0 Å². The number of hydrogen-bond donors (Lipinski definition) is 3. The van der Waals surface area contributed by atoms with E-state index in [-0.39, 0.29) is 0 Å². The molecule has 0 rings (SSSR count). The van der Waals surface area contributed by atoms with Crippen LogP contribution in [-0.4, -0.2) is 45.8 Å². The minimum atomic E-state index is -1.31. The Bertz CT molecular complexity index is 311. The zero-order chi connectivity index (χ0) is 15.4. The smallest absolute Gasteiger partial charge is 0.317 e. The van der Waals surface area contributed by atoms with E-state index in [2.05, 4.69) is 4.74 Å². The Kier molecular flexibility index (Phi) is 11.1. The molecular formula is C11H18O8. The Balaban J connectivity index is 0. The lowest BCUT2D eigenvalue weighted by atomic mass is 10.1. The molecule has 0 fully saturated rings. The first-order valence-corrected chi connectivity index (χ1v) is 5.50. The molecule has 0 aromatic rings. The molecular weight excluding hydrogens is 260 g/mol. The number of carboxylic acids is 3. The van der Waals surface area contributed by atoms with E-state index in [1.54, 1.807) is 0 Å². The summed E-state index contributed by atoms with van der Waals surface area (Å²) in [5.74, 6) is -4.14. The summed E-state index contributed by atoms with van der Waals surface area (Å²) in [6.07, 6.45) is -0.434. The van der Waals surface area contributed by atoms with E-state index in [4.69, 9.17) is 15.3 Å². The summed E-state index contributed by atoms with van der Waals surface area (Å²) in [6, 6.07) is 0. The summed E-state index contributed by atoms with van der Waals surface area (Å²) in [5.41, 5.74) is 0. The van der Waals surface area contributed by atoms with Crippen LogP contribution in [0.5, 0.6) is 0 Å². The second-order valence-electron chi connectivity index (χ2n) is 3.73. The highest BCUT2D eigenvalue weighted by Crippen LogP contribution is 2.01. The van der Waals surface area contributed by atoms with Gasteiger partial charge in [-0.25, -0.2) is 0 Å². The molecule has 1 unspecified atom stereocenters. The molecule has 0 heterocycles. The molecule has 0 aliphatic rings. The van der Waals surface area contributed by atoms with Crippen LogP contribution in [0.1, 0.15) is 33.1 Å². The van der Waals surface area contributed by atoms with E-state index < -0.39 is 36.7 Å². The van der Waals surface area contributed by atoms with Gasteiger partial charge < -0.3 is 20.1 Å². The summed E-state index contributed by atoms with van der Waals surface area (Å²) in [5, 5.41) is 23.6. The van der Waals surface area contributed by atoms with Crippen LogP contribution in [0, 0.1) is 5.92 Å². The van der Waals surface area contributed by atoms with Gasteiger partial charge in [0.1, 0.15) is 12.8 Å². The Morgan fingerprint density at radius 2 is 1.37 bits per heavy atom. The summed E-state index contributed by atoms with van der Waals surface area (Å²) < 4.78 is 4.69. The Morgan fingerprint density at radius 3 is 1.63 bits per heavy atom. The molecule has 0 saturated heterocycles. The average molecular weight is 278 g/mol. The van der Waals surface area contributed by atoms with Crippen molar-refractivity contribution in [3.05, 3.63) is 0 Å². The largest absolute Gasteiger partial charge is 0.481 e. The predicted molar refractivity (Wildman–Crippen MR) is 62.6 cm³/mol. The van der Waals surface area contributed by atoms with Gasteiger partial charge in [-0.2, -0.15) is 0 Å². The van der Waals surface area contributed by atoms with Crippen LogP contribution in [0.15, 0.2) is 0 Å². The van der Waals surface area contributed by atoms with Crippen molar-refractivity contribution in [3.8, 4) is 0 Å². The Hall–Kier alpha value is -2.12. The van der Waals surface area contributed by atoms with E-state index in [1.165, 1.54) is 0 Å². The first kappa shape index (κ1) is 19.2. The number of carbonyl (C=O) groups is 4. The van der Waals surface area contributed by atoms with Crippen molar-refractivity contribution >= 4 is 23.9 Å². The zero-order valence-electron chi connectivity index (χ0n) is 10.8. The number of rotatable bonds is 7. The maximum absolute atomic E-state index is 10.7. The van der Waals surface area contributed by atoms with Crippen LogP contribution in [0.3, 0.4) is 0 Å². The number of carboxylic acid groups (broad SMARTS) is 3. The van der Waals surface area contributed by atoms with E-state index in [9.17, 15) is 19.2 Å². The van der Waals surface area contributed by atoms with Crippen LogP contribution in [0.25, 0.3) is 0 Å². The lowest BCUT2D eigenvalue weighted by Crippen LogP contribution is -2.14. The van der Waals surface area contributed by atoms with Crippen molar-refractivity contribution in [2.24, 2.45) is 5.92 Å². The van der Waals surface area contributed by atoms with Gasteiger partial charge in [0.2, 0.25) is 0 Å². The molecule has 0 amide bonds. The van der Waals surface area contributed by atoms with Gasteiger partial charge in [0.15, 0.2) is 0 Å². The van der Waals surface area contributed by atoms with Gasteiger partial charge in [-0.3, -0.25) is 19.2 Å². The molecule has 0 radical (unpaired) electrons. The van der Waals surface area contributed by atoms with Gasteiger partial charge in [-0.05, 0) is 5.92 Å². The lowest BCUT2D eigenvalue weighted by Gasteiger charge is -2.07. The molecule has 0 spiro atoms. The lowest BCUT2D eigenvalue weighted by molar-refractivity contribution is -0.152. The molecule has 1 atom stereocenters. The highest BCUT2D eigenvalue weighted by molar-refractivity contribution is 5.90. The van der Waals surface area contributed by atoms with Gasteiger partial charge in [-0.15, -0.1) is 0 Å². The maximum atomic E-state index is 10.7. The van der Waals surface area contributed by atoms with Crippen molar-refractivity contribution in [2.75, 3.05) is 6.61 Å². The minimum Gasteiger partial charge on any atom is -0.481 e. The van der Waals surface area contributed by atoms with Crippen molar-refractivity contribution in [2.45, 2.75) is 33.1 Å². The van der Waals surface area contributed by atoms with Crippen molar-refractivity contribution < 1.29 is 39.2 Å². The molecule has 110 valence electrons. The number of hydrogen-bond acceptors (Lipinski definition) is 5. The molecule has 0 aliphatic heterocycles. The van der Waals surface area contributed by atoms with Crippen molar-refractivity contribution in [1.29, 1.82) is 0 Å². The predicted octanol–water partition coefficient (Wildman–Crippen LogP) is 0.596. The van der Waals surface area contributed by atoms with Crippen LogP contribution in [0.4, 0.5) is 0 Å². The Labute approximate surface area is 110 Å². The summed E-state index contributed by atoms with van der Waals surface area (Å²) in [4.78, 5) is 39.6. The standard InChI is InChI=1S/C8H14O4.C3H4O4/c1-3-6(2)5-12-8(11)4-7(9)10;4-2(5)1-3(6)7/h6H,3-5H2,1-2H3,(H,9,10);1H2,(H,4,5)(H,6,7). The number of aliphatic carboxylic acids is 3. The Morgan fingerprint density at radius 1 is 0.947 bits per heavy atom. The summed E-state index contributed by atoms with van der Waals surface area (Å²) in [7, 11) is 0. The third-order valence-electron chi connectivity index (χ3n) is 1.82. The molecule has 19 heavy (non-hydrogen) atoms. The molecule has 0 aliphatic carbocycles. The van der Waals surface area contributed by atoms with Crippen LogP contribution >= 0.6 is 0 Å². The fraction of sp³-hybridized carbons (Fsp3) is 0.636. The molecule has 8 nitrogen and oxygen atoms in total. The molecule has 3 N–H and O–H groups in total. The molecule has 0 aromatic heterocycles. The van der Waals surface area contributed by atoms with Gasteiger partial charge in [0.05, 0.1) is 6.61 Å². The third-order valence-corrected chi connectivity index (χ3v) is 1.82. The second kappa shape index (κ2) is 11.0. The van der Waals surface area contributed by atoms with E-state index in [0.29, 0.717) is 12.5 Å². The van der Waals surface area contributed by atoms with Crippen molar-refractivity contribution in [3.63, 3.8) is 0 Å². The number of carbonyl (C=O) groups excluding carboxylic acids is 1. The maximum Gasteiger partial charge on any atom is 0.317 e. The average Bonchev–Trinajstić information content (AvgIpc) is 2.23. The SMILES string of the molecule is CCC(C)COC(=O)CC(=O)O.O=C(O)CC(=O)O. The third kappa shape index (κ3) is 18.4. The highest BCUT2D eigenvalue weighted by Gasteiger charge is 2.09. The quantitative estimate of drug-likeness (QED) is 0.454. The first-order valence-electron chi connectivity index (χ1n) is 5.50. The van der Waals surface area contributed by atoms with Crippen LogP contribution in [-0.2, 0) is 23.9 Å². The second-order valence-corrected chi connectivity index (χ2v) is 3.73. The normalized spacial score (nSPS) is 10.6. The van der Waals surface area contributed by atoms with E-state index in [1.807, 2.05) is 13.8 Å². The number of esters is 1. The van der Waals surface area contributed by atoms with Gasteiger partial charge in [0, 0.05) is 0 Å². The van der Waals surface area contributed by atoms with Gasteiger partial charge in [0.25, 0.3) is 0 Å². The number of ether oxygens (including phenoxy) is 1.